The van der Waals surface area contributed by atoms with Crippen molar-refractivity contribution in [3.05, 3.63) is 93.7 Å². The molecule has 6 atom stereocenters. The predicted octanol–water partition coefficient (Wildman–Crippen LogP) is 5.46. The maximum absolute atomic E-state index is 16.0. The molecule has 18 nitrogen and oxygen atoms in total. The van der Waals surface area contributed by atoms with Gasteiger partial charge < -0.3 is 44.8 Å². The first-order chi connectivity index (χ1) is 32.9. The molecule has 5 saturated heterocycles. The highest BCUT2D eigenvalue weighted by molar-refractivity contribution is 7.91. The molecule has 4 N–H and O–H groups in total. The molecule has 2 aromatic heterocycles. The molecule has 0 radical (unpaired) electrons. The van der Waals surface area contributed by atoms with Crippen LogP contribution in [0.25, 0.3) is 11.0 Å². The molecule has 19 heteroatoms. The van der Waals surface area contributed by atoms with Crippen LogP contribution < -0.4 is 30.3 Å². The highest BCUT2D eigenvalue weighted by Gasteiger charge is 2.56. The van der Waals surface area contributed by atoms with E-state index in [0.29, 0.717) is 55.3 Å². The van der Waals surface area contributed by atoms with Crippen LogP contribution in [0.15, 0.2) is 76.7 Å². The van der Waals surface area contributed by atoms with Gasteiger partial charge in [-0.05, 0) is 81.0 Å². The van der Waals surface area contributed by atoms with Crippen LogP contribution in [0.3, 0.4) is 0 Å². The van der Waals surface area contributed by atoms with Crippen LogP contribution in [-0.2, 0) is 19.3 Å². The monoisotopic (exact) mass is 943 g/mol. The van der Waals surface area contributed by atoms with Crippen LogP contribution >= 0.6 is 0 Å². The van der Waals surface area contributed by atoms with Gasteiger partial charge in [-0.1, -0.05) is 24.3 Å². The number of likely N-dealkylation sites (tertiary alicyclic amines) is 2. The van der Waals surface area contributed by atoms with Gasteiger partial charge in [0.2, 0.25) is 15.7 Å². The topological polar surface area (TPSA) is 211 Å². The average Bonchev–Trinajstić information content (AvgIpc) is 4.17. The van der Waals surface area contributed by atoms with E-state index in [1.54, 1.807) is 23.2 Å². The fraction of sp³-hybridized carbons (Fsp3) is 0.469. The molecule has 68 heavy (non-hydrogen) atoms. The Morgan fingerprint density at radius 1 is 1.03 bits per heavy atom. The van der Waals surface area contributed by atoms with Crippen LogP contribution in [-0.4, -0.2) is 135 Å². The largest absolute Gasteiger partial charge is 0.489 e. The number of aromatic amines is 1. The molecule has 8 aliphatic rings. The van der Waals surface area contributed by atoms with E-state index in [1.165, 1.54) is 17.2 Å². The number of fused-ring (bicyclic) bond motifs is 6. The SMILES string of the molecule is Cc1ccccc1[C@@H]1CCCN1C1CC2(C1)CN(c1ccc(C(N)=O)c(N3c4cc5cc[nH]c5nc4O[C@H]4COC[C@@H]43)c1S(=O)(=O)c1cc3c(c([N+](=O)[O-])c1)N[C@H](CN1C[C@@H]4C[C@H]1CO4)CO3)C2. The summed E-state index contributed by atoms with van der Waals surface area (Å²) in [6, 6.07) is 18.3. The molecule has 5 aromatic rings. The van der Waals surface area contributed by atoms with Crippen molar-refractivity contribution in [2.24, 2.45) is 11.1 Å². The maximum atomic E-state index is 16.0. The van der Waals surface area contributed by atoms with Gasteiger partial charge in [0.15, 0.2) is 11.4 Å². The van der Waals surface area contributed by atoms with Crippen LogP contribution in [0, 0.1) is 22.5 Å². The molecule has 13 rings (SSSR count). The van der Waals surface area contributed by atoms with Crippen LogP contribution in [0.1, 0.15) is 59.6 Å². The van der Waals surface area contributed by atoms with Gasteiger partial charge in [0.05, 0.1) is 64.8 Å². The number of carbonyl (C=O) groups excluding carboxylic acids is 1. The number of primary amides is 1. The molecular formula is C49H53N9O9S. The lowest BCUT2D eigenvalue weighted by atomic mass is 9.60. The molecule has 9 heterocycles. The number of hydrogen-bond donors (Lipinski definition) is 3. The number of nitrogens with two attached hydrogens (primary N) is 1. The Hall–Kier alpha value is -5.99. The minimum Gasteiger partial charge on any atom is -0.489 e. The third-order valence-corrected chi connectivity index (χ3v) is 17.9. The average molecular weight is 944 g/mol. The number of morpholine rings is 1. The van der Waals surface area contributed by atoms with Gasteiger partial charge >= 0.3 is 0 Å². The summed E-state index contributed by atoms with van der Waals surface area (Å²) in [5.74, 6) is -0.549. The normalized spacial score (nSPS) is 27.2. The standard InChI is InChI=1S/C49H53N9O9S/c1-27-5-2-3-6-34(27)36-7-4-12-56(36)31-17-49(18-31)25-55(26-49)37-9-8-35(46(50)59)44(57-39-13-28-10-11-51-47(28)53-48(39)67-42-24-64-23-40(42)57)45(37)68(62,63)33-15-38(58(60)61)43-41(16-33)66-21-29(52-43)19-54-20-32-14-30(54)22-65-32/h2-3,5-6,8-11,13,15-16,29-32,36,40,42,52H,4,7,12,14,17-26H2,1H3,(H2,50,59)(H,51,53)/t29-,30+,32+,36+,40+,42+/m1/s1. The number of benzene rings is 3. The molecule has 0 unspecified atom stereocenters. The smallest absolute Gasteiger partial charge is 0.297 e. The van der Waals surface area contributed by atoms with Crippen LogP contribution in [0.2, 0.25) is 0 Å². The summed E-state index contributed by atoms with van der Waals surface area (Å²) in [5.41, 5.74) is 9.99. The lowest BCUT2D eigenvalue weighted by Crippen LogP contribution is -2.66. The van der Waals surface area contributed by atoms with Crippen molar-refractivity contribution >= 4 is 55.2 Å². The highest BCUT2D eigenvalue weighted by atomic mass is 32.2. The van der Waals surface area contributed by atoms with E-state index >= 15 is 8.42 Å². The van der Waals surface area contributed by atoms with Crippen LogP contribution in [0.4, 0.5) is 28.4 Å². The Kier molecular flexibility index (Phi) is 9.61. The zero-order valence-corrected chi connectivity index (χ0v) is 38.5. The van der Waals surface area contributed by atoms with E-state index in [1.807, 2.05) is 12.1 Å². The van der Waals surface area contributed by atoms with Crippen LogP contribution in [0.5, 0.6) is 11.6 Å². The van der Waals surface area contributed by atoms with Crippen molar-refractivity contribution in [1.29, 1.82) is 0 Å². The summed E-state index contributed by atoms with van der Waals surface area (Å²) in [5, 5.41) is 17.1. The Morgan fingerprint density at radius 2 is 1.88 bits per heavy atom. The number of aryl methyl sites for hydroxylation is 1. The molecule has 2 bridgehead atoms. The molecule has 1 amide bonds. The van der Waals surface area contributed by atoms with Crippen molar-refractivity contribution in [3.63, 3.8) is 0 Å². The second kappa shape index (κ2) is 15.5. The van der Waals surface area contributed by atoms with Gasteiger partial charge in [-0.2, -0.15) is 4.98 Å². The molecule has 7 aliphatic heterocycles. The third kappa shape index (κ3) is 6.59. The fourth-order valence-electron chi connectivity index (χ4n) is 12.9. The summed E-state index contributed by atoms with van der Waals surface area (Å²) in [6.07, 6.45) is 6.55. The van der Waals surface area contributed by atoms with Crippen molar-refractivity contribution in [2.75, 3.05) is 74.3 Å². The highest BCUT2D eigenvalue weighted by Crippen LogP contribution is 2.57. The quantitative estimate of drug-likeness (QED) is 0.117. The number of amides is 1. The molecule has 6 fully saturated rings. The first-order valence-electron chi connectivity index (χ1n) is 23.8. The van der Waals surface area contributed by atoms with Crippen molar-refractivity contribution in [3.8, 4) is 11.6 Å². The fourth-order valence-corrected chi connectivity index (χ4v) is 14.6. The van der Waals surface area contributed by atoms with E-state index < -0.39 is 38.5 Å². The van der Waals surface area contributed by atoms with Crippen molar-refractivity contribution in [1.82, 2.24) is 19.8 Å². The first kappa shape index (κ1) is 42.1. The Morgan fingerprint density at radius 3 is 2.66 bits per heavy atom. The van der Waals surface area contributed by atoms with E-state index in [4.69, 9.17) is 29.7 Å². The van der Waals surface area contributed by atoms with Gasteiger partial charge in [-0.15, -0.1) is 0 Å². The number of rotatable bonds is 10. The van der Waals surface area contributed by atoms with Gasteiger partial charge in [-0.3, -0.25) is 24.7 Å². The van der Waals surface area contributed by atoms with Gasteiger partial charge in [0.1, 0.15) is 28.9 Å². The van der Waals surface area contributed by atoms with E-state index in [0.717, 1.165) is 56.6 Å². The van der Waals surface area contributed by atoms with E-state index in [9.17, 15) is 14.9 Å². The summed E-state index contributed by atoms with van der Waals surface area (Å²) in [4.78, 5) is 42.5. The number of ether oxygens (including phenoxy) is 4. The minimum atomic E-state index is -4.75. The number of nitrogens with zero attached hydrogens (tertiary/aromatic N) is 6. The number of pyridine rings is 1. The summed E-state index contributed by atoms with van der Waals surface area (Å²) in [6.45, 7) is 6.96. The van der Waals surface area contributed by atoms with Gasteiger partial charge in [0, 0.05) is 73.4 Å². The number of anilines is 4. The Labute approximate surface area is 392 Å². The minimum absolute atomic E-state index is 0.0326. The predicted molar refractivity (Wildman–Crippen MR) is 251 cm³/mol. The number of nitrogens with one attached hydrogen (secondary N) is 2. The summed E-state index contributed by atoms with van der Waals surface area (Å²) in [7, 11) is -4.75. The molecular weight excluding hydrogens is 891 g/mol. The van der Waals surface area contributed by atoms with Gasteiger partial charge in [-0.25, -0.2) is 8.42 Å². The van der Waals surface area contributed by atoms with E-state index in [-0.39, 0.29) is 81.8 Å². The zero-order chi connectivity index (χ0) is 46.2. The molecule has 1 spiro atoms. The number of H-pyrrole nitrogens is 1. The lowest BCUT2D eigenvalue weighted by Gasteiger charge is -2.62. The number of aromatic nitrogens is 2. The zero-order valence-electron chi connectivity index (χ0n) is 37.6. The number of nitro groups is 1. The summed E-state index contributed by atoms with van der Waals surface area (Å²) >= 11 is 0. The maximum Gasteiger partial charge on any atom is 0.297 e. The second-order valence-electron chi connectivity index (χ2n) is 20.2. The van der Waals surface area contributed by atoms with Crippen molar-refractivity contribution < 1.29 is 37.1 Å². The summed E-state index contributed by atoms with van der Waals surface area (Å²) < 4.78 is 56.5. The number of hydrogen-bond acceptors (Lipinski definition) is 15. The Balaban J connectivity index is 0.906. The number of nitro benzene ring substituents is 1. The molecule has 3 aromatic carbocycles. The molecule has 1 saturated carbocycles. The lowest BCUT2D eigenvalue weighted by molar-refractivity contribution is -0.384. The third-order valence-electron chi connectivity index (χ3n) is 16.1. The van der Waals surface area contributed by atoms with Gasteiger partial charge in [0.25, 0.3) is 11.6 Å². The number of sulfone groups is 1. The first-order valence-corrected chi connectivity index (χ1v) is 25.3. The number of carbonyl (C=O) groups is 1. The second-order valence-corrected chi connectivity index (χ2v) is 22.1. The van der Waals surface area contributed by atoms with E-state index in [2.05, 4.69) is 56.2 Å². The van der Waals surface area contributed by atoms with Crippen molar-refractivity contribution in [2.45, 2.75) is 91.2 Å². The molecule has 1 aliphatic carbocycles. The Bertz CT molecular complexity index is 3020. The molecule has 354 valence electrons.